The van der Waals surface area contributed by atoms with Crippen LogP contribution < -0.4 is 9.62 Å². The Morgan fingerprint density at radius 1 is 0.818 bits per heavy atom. The molecule has 1 unspecified atom stereocenters. The molecule has 0 aromatic heterocycles. The van der Waals surface area contributed by atoms with Gasteiger partial charge in [-0.05, 0) is 66.9 Å². The van der Waals surface area contributed by atoms with E-state index >= 15 is 0 Å². The summed E-state index contributed by atoms with van der Waals surface area (Å²) in [6, 6.07) is 26.0. The maximum absolute atomic E-state index is 14.4. The first-order chi connectivity index (χ1) is 21.0. The van der Waals surface area contributed by atoms with Crippen molar-refractivity contribution in [3.63, 3.8) is 0 Å². The summed E-state index contributed by atoms with van der Waals surface area (Å²) in [5, 5.41) is 3.78. The van der Waals surface area contributed by atoms with Gasteiger partial charge in [0.15, 0.2) is 0 Å². The van der Waals surface area contributed by atoms with Crippen LogP contribution in [-0.4, -0.2) is 44.3 Å². The predicted molar refractivity (Wildman–Crippen MR) is 177 cm³/mol. The van der Waals surface area contributed by atoms with Gasteiger partial charge in [0.2, 0.25) is 11.8 Å². The summed E-state index contributed by atoms with van der Waals surface area (Å²) in [5.41, 5.74) is 2.30. The second-order valence-corrected chi connectivity index (χ2v) is 13.2. The van der Waals surface area contributed by atoms with E-state index in [9.17, 15) is 18.0 Å². The second-order valence-electron chi connectivity index (χ2n) is 10.1. The monoisotopic (exact) mass is 671 g/mol. The summed E-state index contributed by atoms with van der Waals surface area (Å²) in [7, 11) is -4.23. The van der Waals surface area contributed by atoms with Gasteiger partial charge in [-0.25, -0.2) is 8.42 Å². The molecule has 7 nitrogen and oxygen atoms in total. The summed E-state index contributed by atoms with van der Waals surface area (Å²) in [5.74, 6) is -0.969. The van der Waals surface area contributed by atoms with Crippen LogP contribution in [0.4, 0.5) is 5.69 Å². The van der Waals surface area contributed by atoms with Crippen molar-refractivity contribution in [2.24, 2.45) is 0 Å². The fraction of sp³-hybridized carbons (Fsp3) is 0.212. The minimum Gasteiger partial charge on any atom is -0.355 e. The van der Waals surface area contributed by atoms with Crippen molar-refractivity contribution in [3.05, 3.63) is 129 Å². The highest BCUT2D eigenvalue weighted by Gasteiger charge is 2.35. The Kier molecular flexibility index (Phi) is 11.3. The third-order valence-corrected chi connectivity index (χ3v) is 9.76. The maximum atomic E-state index is 14.4. The van der Waals surface area contributed by atoms with Crippen molar-refractivity contribution in [2.75, 3.05) is 17.4 Å². The van der Waals surface area contributed by atoms with Crippen LogP contribution in [0.5, 0.6) is 0 Å². The van der Waals surface area contributed by atoms with Gasteiger partial charge in [0, 0.05) is 24.5 Å². The van der Waals surface area contributed by atoms with E-state index in [0.717, 1.165) is 9.87 Å². The first kappa shape index (κ1) is 33.3. The van der Waals surface area contributed by atoms with Crippen LogP contribution in [0.25, 0.3) is 0 Å². The minimum atomic E-state index is -4.23. The van der Waals surface area contributed by atoms with Gasteiger partial charge in [-0.3, -0.25) is 13.9 Å². The standard InChI is InChI=1S/C33H32Cl3N3O4S/c1-3-37-33(41)31(19-24-10-6-4-7-11-24)38(21-25-15-17-28(35)29(36)18-25)32(40)22-39(30-20-26(34)16-14-23(30)2)44(42,43)27-12-8-5-9-13-27/h4-18,20,31H,3,19,21-22H2,1-2H3,(H,37,41). The Hall–Kier alpha value is -3.56. The molecule has 0 saturated heterocycles. The number of anilines is 1. The molecular formula is C33H32Cl3N3O4S. The zero-order valence-electron chi connectivity index (χ0n) is 24.2. The third kappa shape index (κ3) is 8.12. The van der Waals surface area contributed by atoms with Crippen molar-refractivity contribution in [1.82, 2.24) is 10.2 Å². The number of halogens is 3. The zero-order valence-corrected chi connectivity index (χ0v) is 27.3. The number of carbonyl (C=O) groups excluding carboxylic acids is 2. The van der Waals surface area contributed by atoms with Crippen LogP contribution in [0.1, 0.15) is 23.6 Å². The lowest BCUT2D eigenvalue weighted by molar-refractivity contribution is -0.140. The number of sulfonamides is 1. The quantitative estimate of drug-likeness (QED) is 0.177. The Morgan fingerprint density at radius 3 is 2.11 bits per heavy atom. The molecule has 0 spiro atoms. The van der Waals surface area contributed by atoms with Gasteiger partial charge >= 0.3 is 0 Å². The summed E-state index contributed by atoms with van der Waals surface area (Å²) in [6.07, 6.45) is 0.196. The minimum absolute atomic E-state index is 0.00719. The topological polar surface area (TPSA) is 86.8 Å². The normalized spacial score (nSPS) is 11.9. The first-order valence-electron chi connectivity index (χ1n) is 13.9. The fourth-order valence-corrected chi connectivity index (χ4v) is 6.74. The number of likely N-dealkylation sites (N-methyl/N-ethyl adjacent to an activating group) is 1. The van der Waals surface area contributed by atoms with Crippen LogP contribution in [0.2, 0.25) is 15.1 Å². The van der Waals surface area contributed by atoms with Crippen LogP contribution in [0.3, 0.4) is 0 Å². The predicted octanol–water partition coefficient (Wildman–Crippen LogP) is 6.93. The molecule has 0 heterocycles. The van der Waals surface area contributed by atoms with Crippen molar-refractivity contribution >= 4 is 62.3 Å². The van der Waals surface area contributed by atoms with E-state index in [4.69, 9.17) is 34.8 Å². The van der Waals surface area contributed by atoms with Gasteiger partial charge in [-0.1, -0.05) is 95.5 Å². The zero-order chi connectivity index (χ0) is 31.9. The SMILES string of the molecule is CCNC(=O)C(Cc1ccccc1)N(Cc1ccc(Cl)c(Cl)c1)C(=O)CN(c1cc(Cl)ccc1C)S(=O)(=O)c1ccccc1. The number of hydrogen-bond acceptors (Lipinski definition) is 4. The van der Waals surface area contributed by atoms with E-state index in [2.05, 4.69) is 5.32 Å². The molecule has 0 aliphatic heterocycles. The average Bonchev–Trinajstić information content (AvgIpc) is 3.01. The molecule has 0 fully saturated rings. The molecule has 4 rings (SSSR count). The first-order valence-corrected chi connectivity index (χ1v) is 16.5. The van der Waals surface area contributed by atoms with Crippen LogP contribution in [0.15, 0.2) is 102 Å². The molecule has 0 radical (unpaired) electrons. The smallest absolute Gasteiger partial charge is 0.264 e. The molecule has 230 valence electrons. The van der Waals surface area contributed by atoms with Gasteiger partial charge in [-0.2, -0.15) is 0 Å². The van der Waals surface area contributed by atoms with Gasteiger partial charge in [-0.15, -0.1) is 0 Å². The number of amides is 2. The molecule has 4 aromatic carbocycles. The highest BCUT2D eigenvalue weighted by molar-refractivity contribution is 7.92. The molecule has 0 aliphatic carbocycles. The maximum Gasteiger partial charge on any atom is 0.264 e. The molecular weight excluding hydrogens is 641 g/mol. The summed E-state index contributed by atoms with van der Waals surface area (Å²) >= 11 is 18.8. The lowest BCUT2D eigenvalue weighted by Gasteiger charge is -2.34. The van der Waals surface area contributed by atoms with E-state index in [1.807, 2.05) is 30.3 Å². The number of aryl methyl sites for hydroxylation is 1. The summed E-state index contributed by atoms with van der Waals surface area (Å²) in [4.78, 5) is 29.4. The van der Waals surface area contributed by atoms with Crippen molar-refractivity contribution in [3.8, 4) is 0 Å². The summed E-state index contributed by atoms with van der Waals surface area (Å²) in [6.45, 7) is 3.25. The van der Waals surface area contributed by atoms with E-state index < -0.39 is 28.5 Å². The fourth-order valence-electron chi connectivity index (χ4n) is 4.76. The Morgan fingerprint density at radius 2 is 1.48 bits per heavy atom. The number of benzene rings is 4. The second kappa shape index (κ2) is 14.9. The number of carbonyl (C=O) groups is 2. The Balaban J connectivity index is 1.83. The largest absolute Gasteiger partial charge is 0.355 e. The van der Waals surface area contributed by atoms with Crippen LogP contribution >= 0.6 is 34.8 Å². The molecule has 2 amide bonds. The average molecular weight is 673 g/mol. The molecule has 0 saturated carbocycles. The number of nitrogens with one attached hydrogen (secondary N) is 1. The van der Waals surface area contributed by atoms with Crippen molar-refractivity contribution in [1.29, 1.82) is 0 Å². The van der Waals surface area contributed by atoms with Crippen LogP contribution in [0, 0.1) is 6.92 Å². The third-order valence-electron chi connectivity index (χ3n) is 7.01. The lowest BCUT2D eigenvalue weighted by atomic mass is 10.0. The molecule has 11 heteroatoms. The molecule has 44 heavy (non-hydrogen) atoms. The Labute approximate surface area is 273 Å². The van der Waals surface area contributed by atoms with Crippen molar-refractivity contribution in [2.45, 2.75) is 37.8 Å². The van der Waals surface area contributed by atoms with E-state index in [-0.39, 0.29) is 34.5 Å². The number of rotatable bonds is 12. The number of nitrogens with zero attached hydrogens (tertiary/aromatic N) is 2. The molecule has 0 aliphatic rings. The number of hydrogen-bond donors (Lipinski definition) is 1. The molecule has 1 atom stereocenters. The molecule has 1 N–H and O–H groups in total. The van der Waals surface area contributed by atoms with Crippen LogP contribution in [-0.2, 0) is 32.6 Å². The van der Waals surface area contributed by atoms with E-state index in [1.165, 1.54) is 23.1 Å². The van der Waals surface area contributed by atoms with Gasteiger partial charge in [0.05, 0.1) is 20.6 Å². The molecule has 4 aromatic rings. The van der Waals surface area contributed by atoms with E-state index in [1.54, 1.807) is 62.4 Å². The summed E-state index contributed by atoms with van der Waals surface area (Å²) < 4.78 is 29.2. The molecule has 0 bridgehead atoms. The Bertz CT molecular complexity index is 1720. The highest BCUT2D eigenvalue weighted by Crippen LogP contribution is 2.30. The van der Waals surface area contributed by atoms with Gasteiger partial charge in [0.1, 0.15) is 12.6 Å². The lowest BCUT2D eigenvalue weighted by Crippen LogP contribution is -2.53. The van der Waals surface area contributed by atoms with E-state index in [0.29, 0.717) is 27.7 Å². The highest BCUT2D eigenvalue weighted by atomic mass is 35.5. The van der Waals surface area contributed by atoms with Gasteiger partial charge < -0.3 is 10.2 Å². The van der Waals surface area contributed by atoms with Gasteiger partial charge in [0.25, 0.3) is 10.0 Å². The van der Waals surface area contributed by atoms with Crippen molar-refractivity contribution < 1.29 is 18.0 Å².